The van der Waals surface area contributed by atoms with Gasteiger partial charge in [0.2, 0.25) is 0 Å². The topological polar surface area (TPSA) is 39.2 Å². The molecule has 0 radical (unpaired) electrons. The van der Waals surface area contributed by atoms with E-state index < -0.39 is 0 Å². The van der Waals surface area contributed by atoms with Crippen molar-refractivity contribution in [3.05, 3.63) is 51.5 Å². The number of hydrogen-bond acceptors (Lipinski definition) is 4. The van der Waals surface area contributed by atoms with E-state index in [4.69, 9.17) is 4.74 Å². The van der Waals surface area contributed by atoms with Crippen molar-refractivity contribution in [3.8, 4) is 0 Å². The Kier molecular flexibility index (Phi) is 4.90. The Labute approximate surface area is 123 Å². The van der Waals surface area contributed by atoms with Gasteiger partial charge in [0.25, 0.3) is 0 Å². The van der Waals surface area contributed by atoms with Gasteiger partial charge in [0.1, 0.15) is 6.61 Å². The van der Waals surface area contributed by atoms with Crippen molar-refractivity contribution in [1.29, 1.82) is 0 Å². The SMILES string of the molecule is Cc1nc(CC(=O)OCc2ccc(C(C)C)cc2)cs1. The van der Waals surface area contributed by atoms with E-state index in [9.17, 15) is 4.79 Å². The van der Waals surface area contributed by atoms with E-state index in [1.807, 2.05) is 24.4 Å². The first-order valence-corrected chi connectivity index (χ1v) is 7.58. The molecule has 1 aromatic heterocycles. The standard InChI is InChI=1S/C16H19NO2S/c1-11(2)14-6-4-13(5-7-14)9-19-16(18)8-15-10-20-12(3)17-15/h4-7,10-11H,8-9H2,1-3H3. The summed E-state index contributed by atoms with van der Waals surface area (Å²) >= 11 is 1.55. The molecule has 0 aliphatic rings. The van der Waals surface area contributed by atoms with Gasteiger partial charge < -0.3 is 4.74 Å². The van der Waals surface area contributed by atoms with E-state index in [0.29, 0.717) is 12.5 Å². The number of carbonyl (C=O) groups is 1. The van der Waals surface area contributed by atoms with Gasteiger partial charge in [-0.3, -0.25) is 4.79 Å². The molecule has 0 bridgehead atoms. The Morgan fingerprint density at radius 1 is 1.30 bits per heavy atom. The Morgan fingerprint density at radius 3 is 2.55 bits per heavy atom. The monoisotopic (exact) mass is 289 g/mol. The molecule has 0 amide bonds. The predicted octanol–water partition coefficient (Wildman–Crippen LogP) is 3.86. The second-order valence-corrected chi connectivity index (χ2v) is 6.15. The maximum Gasteiger partial charge on any atom is 0.312 e. The smallest absolute Gasteiger partial charge is 0.312 e. The number of carbonyl (C=O) groups excluding carboxylic acids is 1. The van der Waals surface area contributed by atoms with Crippen LogP contribution >= 0.6 is 11.3 Å². The number of aromatic nitrogens is 1. The Hall–Kier alpha value is -1.68. The predicted molar refractivity (Wildman–Crippen MR) is 80.9 cm³/mol. The van der Waals surface area contributed by atoms with Crippen LogP contribution in [0.5, 0.6) is 0 Å². The maximum absolute atomic E-state index is 11.7. The first-order valence-electron chi connectivity index (χ1n) is 6.70. The summed E-state index contributed by atoms with van der Waals surface area (Å²) in [5, 5.41) is 2.87. The lowest BCUT2D eigenvalue weighted by atomic mass is 10.0. The van der Waals surface area contributed by atoms with Crippen LogP contribution in [0, 0.1) is 6.92 Å². The van der Waals surface area contributed by atoms with Crippen LogP contribution in [0.4, 0.5) is 0 Å². The number of esters is 1. The number of hydrogen-bond donors (Lipinski definition) is 0. The normalized spacial score (nSPS) is 10.8. The first-order chi connectivity index (χ1) is 9.54. The summed E-state index contributed by atoms with van der Waals surface area (Å²) in [6, 6.07) is 8.18. The van der Waals surface area contributed by atoms with Crippen LogP contribution in [0.3, 0.4) is 0 Å². The van der Waals surface area contributed by atoms with Crippen molar-refractivity contribution >= 4 is 17.3 Å². The van der Waals surface area contributed by atoms with Crippen molar-refractivity contribution in [1.82, 2.24) is 4.98 Å². The molecule has 0 fully saturated rings. The number of ether oxygens (including phenoxy) is 1. The molecule has 0 aliphatic carbocycles. The van der Waals surface area contributed by atoms with E-state index in [2.05, 4.69) is 31.0 Å². The third-order valence-electron chi connectivity index (χ3n) is 3.04. The van der Waals surface area contributed by atoms with E-state index in [1.165, 1.54) is 5.56 Å². The van der Waals surface area contributed by atoms with Crippen molar-refractivity contribution in [2.24, 2.45) is 0 Å². The molecule has 1 heterocycles. The van der Waals surface area contributed by atoms with E-state index in [-0.39, 0.29) is 12.4 Å². The second kappa shape index (κ2) is 6.66. The summed E-state index contributed by atoms with van der Waals surface area (Å²) in [4.78, 5) is 16.0. The lowest BCUT2D eigenvalue weighted by molar-refractivity contribution is -0.144. The van der Waals surface area contributed by atoms with Crippen LogP contribution in [0.2, 0.25) is 0 Å². The molecule has 0 N–H and O–H groups in total. The highest BCUT2D eigenvalue weighted by atomic mass is 32.1. The fraction of sp³-hybridized carbons (Fsp3) is 0.375. The third kappa shape index (κ3) is 4.17. The van der Waals surface area contributed by atoms with Gasteiger partial charge in [-0.25, -0.2) is 4.98 Å². The molecule has 20 heavy (non-hydrogen) atoms. The fourth-order valence-corrected chi connectivity index (χ4v) is 2.46. The van der Waals surface area contributed by atoms with Gasteiger partial charge in [0.15, 0.2) is 0 Å². The maximum atomic E-state index is 11.7. The fourth-order valence-electron chi connectivity index (χ4n) is 1.85. The zero-order chi connectivity index (χ0) is 14.5. The molecule has 106 valence electrons. The molecule has 2 rings (SSSR count). The molecule has 0 unspecified atom stereocenters. The number of thiazole rings is 1. The van der Waals surface area contributed by atoms with Gasteiger partial charge in [-0.15, -0.1) is 11.3 Å². The van der Waals surface area contributed by atoms with E-state index in [1.54, 1.807) is 11.3 Å². The highest BCUT2D eigenvalue weighted by Gasteiger charge is 2.08. The molecule has 0 spiro atoms. The average molecular weight is 289 g/mol. The first kappa shape index (κ1) is 14.7. The van der Waals surface area contributed by atoms with Crippen molar-refractivity contribution in [2.75, 3.05) is 0 Å². The lowest BCUT2D eigenvalue weighted by Crippen LogP contribution is -2.08. The van der Waals surface area contributed by atoms with Gasteiger partial charge in [0, 0.05) is 5.38 Å². The lowest BCUT2D eigenvalue weighted by Gasteiger charge is -2.07. The van der Waals surface area contributed by atoms with Crippen LogP contribution < -0.4 is 0 Å². The van der Waals surface area contributed by atoms with Gasteiger partial charge >= 0.3 is 5.97 Å². The van der Waals surface area contributed by atoms with E-state index in [0.717, 1.165) is 16.3 Å². The Bertz CT molecular complexity index is 572. The summed E-state index contributed by atoms with van der Waals surface area (Å²) in [5.74, 6) is 0.280. The number of aryl methyl sites for hydroxylation is 1. The molecular formula is C16H19NO2S. The van der Waals surface area contributed by atoms with Crippen molar-refractivity contribution in [3.63, 3.8) is 0 Å². The van der Waals surface area contributed by atoms with Gasteiger partial charge in [-0.2, -0.15) is 0 Å². The van der Waals surface area contributed by atoms with E-state index >= 15 is 0 Å². The minimum absolute atomic E-state index is 0.233. The Balaban J connectivity index is 1.83. The summed E-state index contributed by atoms with van der Waals surface area (Å²) < 4.78 is 5.27. The second-order valence-electron chi connectivity index (χ2n) is 5.09. The minimum Gasteiger partial charge on any atom is -0.461 e. The molecule has 1 aromatic carbocycles. The van der Waals surface area contributed by atoms with Crippen LogP contribution in [0.15, 0.2) is 29.6 Å². The molecule has 3 nitrogen and oxygen atoms in total. The van der Waals surface area contributed by atoms with Crippen molar-refractivity contribution in [2.45, 2.75) is 39.7 Å². The molecule has 4 heteroatoms. The van der Waals surface area contributed by atoms with Gasteiger partial charge in [0.05, 0.1) is 17.1 Å². The summed E-state index contributed by atoms with van der Waals surface area (Å²) in [5.41, 5.74) is 3.09. The zero-order valence-corrected chi connectivity index (χ0v) is 12.9. The van der Waals surface area contributed by atoms with Crippen LogP contribution in [0.25, 0.3) is 0 Å². The highest BCUT2D eigenvalue weighted by molar-refractivity contribution is 7.09. The van der Waals surface area contributed by atoms with Gasteiger partial charge in [-0.1, -0.05) is 38.1 Å². The molecule has 0 atom stereocenters. The molecule has 0 saturated heterocycles. The number of rotatable bonds is 5. The van der Waals surface area contributed by atoms with Crippen LogP contribution in [-0.4, -0.2) is 11.0 Å². The summed E-state index contributed by atoms with van der Waals surface area (Å²) in [7, 11) is 0. The molecule has 0 aliphatic heterocycles. The zero-order valence-electron chi connectivity index (χ0n) is 12.1. The quantitative estimate of drug-likeness (QED) is 0.785. The number of benzene rings is 1. The third-order valence-corrected chi connectivity index (χ3v) is 3.86. The van der Waals surface area contributed by atoms with Gasteiger partial charge in [-0.05, 0) is 24.0 Å². The van der Waals surface area contributed by atoms with Crippen LogP contribution in [0.1, 0.15) is 41.6 Å². The Morgan fingerprint density at radius 2 is 2.00 bits per heavy atom. The average Bonchev–Trinajstić information content (AvgIpc) is 2.82. The summed E-state index contributed by atoms with van der Waals surface area (Å²) in [6.45, 7) is 6.56. The largest absolute Gasteiger partial charge is 0.461 e. The summed E-state index contributed by atoms with van der Waals surface area (Å²) in [6.07, 6.45) is 0.244. The number of nitrogens with zero attached hydrogens (tertiary/aromatic N) is 1. The molecule has 0 saturated carbocycles. The van der Waals surface area contributed by atoms with Crippen LogP contribution in [-0.2, 0) is 22.6 Å². The molecular weight excluding hydrogens is 270 g/mol. The van der Waals surface area contributed by atoms with Crippen molar-refractivity contribution < 1.29 is 9.53 Å². The molecule has 2 aromatic rings. The highest BCUT2D eigenvalue weighted by Crippen LogP contribution is 2.15. The minimum atomic E-state index is -0.233.